The van der Waals surface area contributed by atoms with E-state index in [0.717, 1.165) is 11.7 Å². The molecule has 2 rings (SSSR count). The maximum absolute atomic E-state index is 13.1. The van der Waals surface area contributed by atoms with Crippen molar-refractivity contribution in [2.75, 3.05) is 6.61 Å². The summed E-state index contributed by atoms with van der Waals surface area (Å²) in [5, 5.41) is 0. The van der Waals surface area contributed by atoms with Gasteiger partial charge in [0.25, 0.3) is 6.43 Å². The number of ether oxygens (including phenoxy) is 1. The number of aromatic nitrogens is 2. The highest BCUT2D eigenvalue weighted by molar-refractivity contribution is 9.09. The van der Waals surface area contributed by atoms with Crippen molar-refractivity contribution in [2.24, 2.45) is 0 Å². The number of halogens is 3. The van der Waals surface area contributed by atoms with Crippen LogP contribution in [-0.4, -0.2) is 29.8 Å². The SMILES string of the molecule is C[SiH](C)CCOCn1c(C(F)F)nc2c1CC(Br)C=C2. The Labute approximate surface area is 127 Å². The van der Waals surface area contributed by atoms with E-state index in [9.17, 15) is 8.78 Å². The number of nitrogens with zero attached hydrogens (tertiary/aromatic N) is 2. The second-order valence-corrected chi connectivity index (χ2v) is 9.87. The molecular weight excluding hydrogens is 346 g/mol. The Morgan fingerprint density at radius 2 is 2.30 bits per heavy atom. The van der Waals surface area contributed by atoms with Crippen LogP contribution in [0.2, 0.25) is 19.1 Å². The maximum atomic E-state index is 13.1. The lowest BCUT2D eigenvalue weighted by molar-refractivity contribution is 0.0676. The molecule has 1 aromatic heterocycles. The number of alkyl halides is 3. The first kappa shape index (κ1) is 15.8. The Kier molecular flexibility index (Phi) is 5.51. The molecule has 0 saturated heterocycles. The fourth-order valence-corrected chi connectivity index (χ4v) is 3.20. The molecule has 1 heterocycles. The molecule has 3 nitrogen and oxygen atoms in total. The lowest BCUT2D eigenvalue weighted by atomic mass is 10.1. The number of allylic oxidation sites excluding steroid dienone is 1. The lowest BCUT2D eigenvalue weighted by Gasteiger charge is -2.16. The van der Waals surface area contributed by atoms with Gasteiger partial charge in [0.05, 0.1) is 5.69 Å². The van der Waals surface area contributed by atoms with Gasteiger partial charge in [-0.3, -0.25) is 0 Å². The summed E-state index contributed by atoms with van der Waals surface area (Å²) >= 11 is 3.49. The molecule has 0 bridgehead atoms. The number of rotatable bonds is 6. The highest BCUT2D eigenvalue weighted by Crippen LogP contribution is 2.28. The van der Waals surface area contributed by atoms with Gasteiger partial charge in [0.2, 0.25) is 0 Å². The van der Waals surface area contributed by atoms with E-state index < -0.39 is 15.2 Å². The molecule has 0 spiro atoms. The second kappa shape index (κ2) is 6.95. The molecule has 0 amide bonds. The monoisotopic (exact) mass is 364 g/mol. The average Bonchev–Trinajstić information content (AvgIpc) is 2.73. The van der Waals surface area contributed by atoms with Gasteiger partial charge in [0, 0.05) is 32.3 Å². The van der Waals surface area contributed by atoms with Crippen molar-refractivity contribution in [3.63, 3.8) is 0 Å². The summed E-state index contributed by atoms with van der Waals surface area (Å²) in [6, 6.07) is 1.06. The molecule has 1 aromatic rings. The smallest absolute Gasteiger partial charge is 0.295 e. The molecule has 20 heavy (non-hydrogen) atoms. The molecule has 1 atom stereocenters. The fraction of sp³-hybridized carbons (Fsp3) is 0.615. The van der Waals surface area contributed by atoms with Crippen molar-refractivity contribution >= 4 is 30.8 Å². The van der Waals surface area contributed by atoms with Gasteiger partial charge in [-0.2, -0.15) is 0 Å². The Bertz CT molecular complexity index is 491. The van der Waals surface area contributed by atoms with Crippen LogP contribution in [0.25, 0.3) is 6.08 Å². The fourth-order valence-electron chi connectivity index (χ4n) is 2.11. The summed E-state index contributed by atoms with van der Waals surface area (Å²) in [7, 11) is -0.664. The van der Waals surface area contributed by atoms with E-state index in [1.807, 2.05) is 6.08 Å². The summed E-state index contributed by atoms with van der Waals surface area (Å²) in [6.07, 6.45) is 1.81. The van der Waals surface area contributed by atoms with Crippen molar-refractivity contribution in [3.8, 4) is 0 Å². The minimum absolute atomic E-state index is 0.163. The summed E-state index contributed by atoms with van der Waals surface area (Å²) in [5.74, 6) is -0.192. The lowest BCUT2D eigenvalue weighted by Crippen LogP contribution is -2.16. The quantitative estimate of drug-likeness (QED) is 0.438. The van der Waals surface area contributed by atoms with Crippen LogP contribution in [0.15, 0.2) is 6.08 Å². The molecule has 0 fully saturated rings. The number of hydrogen-bond donors (Lipinski definition) is 0. The Morgan fingerprint density at radius 3 is 2.95 bits per heavy atom. The first-order valence-corrected chi connectivity index (χ1v) is 10.8. The minimum Gasteiger partial charge on any atom is -0.361 e. The van der Waals surface area contributed by atoms with Crippen molar-refractivity contribution in [1.82, 2.24) is 9.55 Å². The molecular formula is C13H19BrF2N2OSi. The van der Waals surface area contributed by atoms with Gasteiger partial charge < -0.3 is 9.30 Å². The van der Waals surface area contributed by atoms with Crippen LogP contribution in [0.4, 0.5) is 8.78 Å². The molecule has 7 heteroatoms. The standard InChI is InChI=1S/C13H19BrF2N2OSi/c1-20(2)6-5-19-8-18-11-7-9(14)3-4-10(11)17-13(18)12(15)16/h3-4,9,12,20H,5-8H2,1-2H3. The largest absolute Gasteiger partial charge is 0.361 e. The van der Waals surface area contributed by atoms with E-state index in [2.05, 4.69) is 34.0 Å². The van der Waals surface area contributed by atoms with Crippen LogP contribution in [0.5, 0.6) is 0 Å². The molecule has 1 aliphatic rings. The van der Waals surface area contributed by atoms with Gasteiger partial charge in [-0.05, 0) is 12.1 Å². The van der Waals surface area contributed by atoms with Gasteiger partial charge >= 0.3 is 0 Å². The molecule has 112 valence electrons. The van der Waals surface area contributed by atoms with Gasteiger partial charge in [-0.15, -0.1) is 0 Å². The van der Waals surface area contributed by atoms with Crippen LogP contribution >= 0.6 is 15.9 Å². The topological polar surface area (TPSA) is 27.1 Å². The predicted octanol–water partition coefficient (Wildman–Crippen LogP) is 3.61. The van der Waals surface area contributed by atoms with Gasteiger partial charge in [-0.1, -0.05) is 35.1 Å². The number of imidazole rings is 1. The van der Waals surface area contributed by atoms with Crippen LogP contribution < -0.4 is 0 Å². The zero-order chi connectivity index (χ0) is 14.7. The normalized spacial score (nSPS) is 18.1. The predicted molar refractivity (Wildman–Crippen MR) is 82.3 cm³/mol. The molecule has 0 saturated carbocycles. The molecule has 1 unspecified atom stereocenters. The summed E-state index contributed by atoms with van der Waals surface area (Å²) in [6.45, 7) is 5.28. The van der Waals surface area contributed by atoms with E-state index in [1.165, 1.54) is 4.57 Å². The maximum Gasteiger partial charge on any atom is 0.295 e. The van der Waals surface area contributed by atoms with Crippen LogP contribution in [0, 0.1) is 0 Å². The highest BCUT2D eigenvalue weighted by atomic mass is 79.9. The van der Waals surface area contributed by atoms with Gasteiger partial charge in [-0.25, -0.2) is 13.8 Å². The molecule has 0 aliphatic heterocycles. The Hall–Kier alpha value is -0.533. The third-order valence-corrected chi connectivity index (χ3v) is 5.26. The minimum atomic E-state index is -2.58. The highest BCUT2D eigenvalue weighted by Gasteiger charge is 2.25. The molecule has 0 aromatic carbocycles. The Morgan fingerprint density at radius 1 is 1.55 bits per heavy atom. The van der Waals surface area contributed by atoms with E-state index in [4.69, 9.17) is 4.74 Å². The van der Waals surface area contributed by atoms with Crippen molar-refractivity contribution in [1.29, 1.82) is 0 Å². The first-order valence-electron chi connectivity index (χ1n) is 6.76. The van der Waals surface area contributed by atoms with E-state index in [-0.39, 0.29) is 17.4 Å². The number of hydrogen-bond acceptors (Lipinski definition) is 2. The summed E-state index contributed by atoms with van der Waals surface area (Å²) < 4.78 is 33.3. The summed E-state index contributed by atoms with van der Waals surface area (Å²) in [4.78, 5) is 4.20. The van der Waals surface area contributed by atoms with Crippen molar-refractivity contribution in [2.45, 2.75) is 43.5 Å². The van der Waals surface area contributed by atoms with Gasteiger partial charge in [0.1, 0.15) is 6.73 Å². The average molecular weight is 365 g/mol. The van der Waals surface area contributed by atoms with Crippen molar-refractivity contribution in [3.05, 3.63) is 23.3 Å². The van der Waals surface area contributed by atoms with Gasteiger partial charge in [0.15, 0.2) is 5.82 Å². The Balaban J connectivity index is 2.13. The van der Waals surface area contributed by atoms with Crippen LogP contribution in [0.3, 0.4) is 0 Å². The zero-order valence-electron chi connectivity index (χ0n) is 11.7. The van der Waals surface area contributed by atoms with E-state index in [1.54, 1.807) is 6.08 Å². The van der Waals surface area contributed by atoms with Crippen molar-refractivity contribution < 1.29 is 13.5 Å². The van der Waals surface area contributed by atoms with E-state index in [0.29, 0.717) is 18.7 Å². The molecule has 0 radical (unpaired) electrons. The summed E-state index contributed by atoms with van der Waals surface area (Å²) in [5.41, 5.74) is 1.46. The number of fused-ring (bicyclic) bond motifs is 1. The van der Waals surface area contributed by atoms with E-state index >= 15 is 0 Å². The second-order valence-electron chi connectivity index (χ2n) is 5.33. The third-order valence-electron chi connectivity index (χ3n) is 3.24. The molecule has 0 N–H and O–H groups in total. The zero-order valence-corrected chi connectivity index (χ0v) is 14.4. The first-order chi connectivity index (χ1) is 9.49. The van der Waals surface area contributed by atoms with Crippen LogP contribution in [0.1, 0.15) is 23.6 Å². The third kappa shape index (κ3) is 3.77. The van der Waals surface area contributed by atoms with Crippen LogP contribution in [-0.2, 0) is 17.9 Å². The molecule has 1 aliphatic carbocycles.